The number of likely N-dealkylation sites (tertiary alicyclic amines) is 1. The summed E-state index contributed by atoms with van der Waals surface area (Å²) in [5.41, 5.74) is 2.31. The molecule has 1 aromatic heterocycles. The zero-order valence-electron chi connectivity index (χ0n) is 17.9. The first kappa shape index (κ1) is 20.7. The number of aromatic nitrogens is 1. The van der Waals surface area contributed by atoms with Crippen LogP contribution in [0.25, 0.3) is 0 Å². The molecule has 1 aromatic carbocycles. The highest BCUT2D eigenvalue weighted by Gasteiger charge is 2.30. The molecule has 0 N–H and O–H groups in total. The van der Waals surface area contributed by atoms with E-state index >= 15 is 0 Å². The Morgan fingerprint density at radius 3 is 2.70 bits per heavy atom. The molecule has 1 amide bonds. The van der Waals surface area contributed by atoms with E-state index in [0.29, 0.717) is 12.5 Å². The molecule has 6 heteroatoms. The number of hydrogen-bond donors (Lipinski definition) is 0. The molecule has 0 unspecified atom stereocenters. The predicted molar refractivity (Wildman–Crippen MR) is 119 cm³/mol. The average Bonchev–Trinajstić information content (AvgIpc) is 2.83. The van der Waals surface area contributed by atoms with Gasteiger partial charge in [-0.05, 0) is 43.0 Å². The maximum absolute atomic E-state index is 12.8. The number of ether oxygens (including phenoxy) is 1. The van der Waals surface area contributed by atoms with Crippen molar-refractivity contribution in [1.29, 1.82) is 0 Å². The molecule has 30 heavy (non-hydrogen) atoms. The second kappa shape index (κ2) is 9.94. The maximum Gasteiger partial charge on any atom is 0.222 e. The topological polar surface area (TPSA) is 48.9 Å². The molecule has 2 fully saturated rings. The lowest BCUT2D eigenvalue weighted by Crippen LogP contribution is -2.56. The van der Waals surface area contributed by atoms with E-state index in [1.165, 1.54) is 12.1 Å². The minimum absolute atomic E-state index is 0.274. The van der Waals surface area contributed by atoms with E-state index in [1.54, 1.807) is 13.3 Å². The Kier molecular flexibility index (Phi) is 6.84. The van der Waals surface area contributed by atoms with E-state index in [1.807, 2.05) is 30.5 Å². The lowest BCUT2D eigenvalue weighted by Gasteiger charge is -2.44. The monoisotopic (exact) mass is 408 g/mol. The predicted octanol–water partition coefficient (Wildman–Crippen LogP) is 2.84. The van der Waals surface area contributed by atoms with Crippen molar-refractivity contribution in [3.05, 3.63) is 54.4 Å². The van der Waals surface area contributed by atoms with Crippen LogP contribution in [0.15, 0.2) is 48.8 Å². The maximum atomic E-state index is 12.8. The van der Waals surface area contributed by atoms with Gasteiger partial charge in [0.15, 0.2) is 0 Å². The number of nitrogens with zero attached hydrogens (tertiary/aromatic N) is 4. The number of aryl methyl sites for hydroxylation is 1. The number of benzene rings is 1. The number of amides is 1. The lowest BCUT2D eigenvalue weighted by molar-refractivity contribution is -0.133. The molecule has 0 saturated carbocycles. The third kappa shape index (κ3) is 4.93. The molecule has 6 nitrogen and oxygen atoms in total. The molecule has 2 saturated heterocycles. The number of hydrogen-bond acceptors (Lipinski definition) is 5. The summed E-state index contributed by atoms with van der Waals surface area (Å²) < 4.78 is 5.53. The van der Waals surface area contributed by atoms with Crippen molar-refractivity contribution < 1.29 is 9.53 Å². The van der Waals surface area contributed by atoms with Gasteiger partial charge in [-0.25, -0.2) is 0 Å². The van der Waals surface area contributed by atoms with Gasteiger partial charge in [0.1, 0.15) is 5.75 Å². The normalized spacial score (nSPS) is 20.2. The summed E-state index contributed by atoms with van der Waals surface area (Å²) in [5.74, 6) is 1.21. The number of piperazine rings is 1. The highest BCUT2D eigenvalue weighted by molar-refractivity contribution is 5.76. The fraction of sp³-hybridized carbons (Fsp3) is 0.500. The van der Waals surface area contributed by atoms with Gasteiger partial charge in [0.25, 0.3) is 0 Å². The van der Waals surface area contributed by atoms with Gasteiger partial charge in [-0.3, -0.25) is 14.7 Å². The van der Waals surface area contributed by atoms with Gasteiger partial charge >= 0.3 is 0 Å². The first-order chi connectivity index (χ1) is 14.7. The number of para-hydroxylation sites is 2. The van der Waals surface area contributed by atoms with Crippen LogP contribution in [0.3, 0.4) is 0 Å². The Morgan fingerprint density at radius 1 is 1.10 bits per heavy atom. The molecule has 3 heterocycles. The van der Waals surface area contributed by atoms with Crippen LogP contribution in [0.4, 0.5) is 5.69 Å². The molecule has 2 aliphatic rings. The van der Waals surface area contributed by atoms with E-state index in [2.05, 4.69) is 31.8 Å². The average molecular weight is 409 g/mol. The van der Waals surface area contributed by atoms with Gasteiger partial charge in [-0.1, -0.05) is 18.2 Å². The number of anilines is 1. The number of carbonyl (C=O) groups is 1. The summed E-state index contributed by atoms with van der Waals surface area (Å²) in [5, 5.41) is 0. The van der Waals surface area contributed by atoms with Crippen LogP contribution < -0.4 is 9.64 Å². The Labute approximate surface area is 179 Å². The molecule has 0 radical (unpaired) electrons. The van der Waals surface area contributed by atoms with Crippen LogP contribution in [0.2, 0.25) is 0 Å². The standard InChI is InChI=1S/C24H32N4O2/c1-30-23-9-3-2-8-22(23)27-16-14-26(15-17-27)21-7-5-13-28(19-21)24(29)11-10-20-6-4-12-25-18-20/h2-4,6,8-9,12,18,21H,5,7,10-11,13-17,19H2,1H3/t21-/m1/s1. The van der Waals surface area contributed by atoms with Crippen molar-refractivity contribution in [3.63, 3.8) is 0 Å². The van der Waals surface area contributed by atoms with Crippen LogP contribution in [0.5, 0.6) is 5.75 Å². The summed E-state index contributed by atoms with van der Waals surface area (Å²) in [6, 6.07) is 12.7. The Balaban J connectivity index is 1.28. The second-order valence-corrected chi connectivity index (χ2v) is 8.19. The second-order valence-electron chi connectivity index (χ2n) is 8.19. The van der Waals surface area contributed by atoms with Crippen LogP contribution in [0, 0.1) is 0 Å². The molecule has 0 spiro atoms. The van der Waals surface area contributed by atoms with Crippen LogP contribution in [-0.2, 0) is 11.2 Å². The zero-order valence-corrected chi connectivity index (χ0v) is 17.9. The van der Waals surface area contributed by atoms with Gasteiger partial charge in [0.2, 0.25) is 5.91 Å². The van der Waals surface area contributed by atoms with Crippen LogP contribution >= 0.6 is 0 Å². The first-order valence-electron chi connectivity index (χ1n) is 11.0. The van der Waals surface area contributed by atoms with Crippen molar-refractivity contribution >= 4 is 11.6 Å². The molecule has 0 aliphatic carbocycles. The SMILES string of the molecule is COc1ccccc1N1CCN([C@@H]2CCCN(C(=O)CCc3cccnc3)C2)CC1. The zero-order chi connectivity index (χ0) is 20.8. The number of methoxy groups -OCH3 is 1. The van der Waals surface area contributed by atoms with Crippen molar-refractivity contribution in [3.8, 4) is 5.75 Å². The summed E-state index contributed by atoms with van der Waals surface area (Å²) in [4.78, 5) is 24.0. The van der Waals surface area contributed by atoms with E-state index in [9.17, 15) is 4.79 Å². The van der Waals surface area contributed by atoms with Crippen LogP contribution in [0.1, 0.15) is 24.8 Å². The fourth-order valence-corrected chi connectivity index (χ4v) is 4.65. The lowest BCUT2D eigenvalue weighted by atomic mass is 10.0. The summed E-state index contributed by atoms with van der Waals surface area (Å²) in [6.07, 6.45) is 7.24. The van der Waals surface area contributed by atoms with Crippen molar-refractivity contribution in [1.82, 2.24) is 14.8 Å². The molecule has 2 aliphatic heterocycles. The molecule has 160 valence electrons. The van der Waals surface area contributed by atoms with Gasteiger partial charge < -0.3 is 14.5 Å². The molecule has 1 atom stereocenters. The minimum atomic E-state index is 0.274. The largest absolute Gasteiger partial charge is 0.495 e. The molecular weight excluding hydrogens is 376 g/mol. The van der Waals surface area contributed by atoms with Gasteiger partial charge in [0, 0.05) is 64.1 Å². The van der Waals surface area contributed by atoms with Crippen molar-refractivity contribution in [2.45, 2.75) is 31.7 Å². The number of carbonyl (C=O) groups excluding carboxylic acids is 1. The minimum Gasteiger partial charge on any atom is -0.495 e. The number of rotatable bonds is 6. The smallest absolute Gasteiger partial charge is 0.222 e. The number of pyridine rings is 1. The summed E-state index contributed by atoms with van der Waals surface area (Å²) in [7, 11) is 1.73. The third-order valence-electron chi connectivity index (χ3n) is 6.36. The Hall–Kier alpha value is -2.60. The van der Waals surface area contributed by atoms with Crippen LogP contribution in [-0.4, -0.2) is 73.1 Å². The Morgan fingerprint density at radius 2 is 1.93 bits per heavy atom. The van der Waals surface area contributed by atoms with Crippen molar-refractivity contribution in [2.24, 2.45) is 0 Å². The van der Waals surface area contributed by atoms with E-state index in [4.69, 9.17) is 4.74 Å². The van der Waals surface area contributed by atoms with Crippen molar-refractivity contribution in [2.75, 3.05) is 51.3 Å². The van der Waals surface area contributed by atoms with E-state index in [0.717, 1.165) is 63.4 Å². The summed E-state index contributed by atoms with van der Waals surface area (Å²) >= 11 is 0. The first-order valence-corrected chi connectivity index (χ1v) is 11.0. The molecular formula is C24H32N4O2. The van der Waals surface area contributed by atoms with Gasteiger partial charge in [0.05, 0.1) is 12.8 Å². The molecule has 4 rings (SSSR count). The summed E-state index contributed by atoms with van der Waals surface area (Å²) in [6.45, 7) is 5.79. The fourth-order valence-electron chi connectivity index (χ4n) is 4.65. The van der Waals surface area contributed by atoms with Gasteiger partial charge in [-0.2, -0.15) is 0 Å². The van der Waals surface area contributed by atoms with E-state index in [-0.39, 0.29) is 5.91 Å². The highest BCUT2D eigenvalue weighted by Crippen LogP contribution is 2.29. The number of piperidine rings is 1. The van der Waals surface area contributed by atoms with E-state index < -0.39 is 0 Å². The van der Waals surface area contributed by atoms with Gasteiger partial charge in [-0.15, -0.1) is 0 Å². The highest BCUT2D eigenvalue weighted by atomic mass is 16.5. The molecule has 2 aromatic rings. The Bertz CT molecular complexity index is 821. The third-order valence-corrected chi connectivity index (χ3v) is 6.36. The quantitative estimate of drug-likeness (QED) is 0.736. The molecule has 0 bridgehead atoms.